The molecule has 1 saturated heterocycles. The maximum Gasteiger partial charge on any atom is 0.254 e. The summed E-state index contributed by atoms with van der Waals surface area (Å²) in [6.45, 7) is 10.6. The van der Waals surface area contributed by atoms with Crippen molar-refractivity contribution < 1.29 is 9.53 Å². The monoisotopic (exact) mass is 370 g/mol. The van der Waals surface area contributed by atoms with Crippen LogP contribution in [0.15, 0.2) is 36.5 Å². The van der Waals surface area contributed by atoms with E-state index in [9.17, 15) is 4.79 Å². The summed E-state index contributed by atoms with van der Waals surface area (Å²) >= 11 is 0. The van der Waals surface area contributed by atoms with Gasteiger partial charge in [0.1, 0.15) is 0 Å². The molecule has 1 atom stereocenters. The van der Waals surface area contributed by atoms with Crippen LogP contribution in [0.3, 0.4) is 0 Å². The van der Waals surface area contributed by atoms with Gasteiger partial charge in [-0.2, -0.15) is 5.10 Å². The van der Waals surface area contributed by atoms with E-state index in [0.717, 1.165) is 44.0 Å². The van der Waals surface area contributed by atoms with E-state index < -0.39 is 0 Å². The lowest BCUT2D eigenvalue weighted by molar-refractivity contribution is -0.0295. The third kappa shape index (κ3) is 4.96. The van der Waals surface area contributed by atoms with Crippen LogP contribution in [0.25, 0.3) is 5.69 Å². The molecule has 1 aliphatic heterocycles. The number of rotatable bonds is 7. The predicted octanol–water partition coefficient (Wildman–Crippen LogP) is 2.52. The van der Waals surface area contributed by atoms with Crippen LogP contribution in [0, 0.1) is 5.92 Å². The fourth-order valence-corrected chi connectivity index (χ4v) is 3.58. The topological polar surface area (TPSA) is 59.4 Å². The first kappa shape index (κ1) is 19.6. The normalized spacial score (nSPS) is 18.0. The number of para-hydroxylation sites is 1. The molecule has 1 fully saturated rings. The largest absolute Gasteiger partial charge is 0.374 e. The molecule has 1 amide bonds. The molecule has 0 saturated carbocycles. The number of carbonyl (C=O) groups is 1. The Labute approximate surface area is 161 Å². The molecule has 0 spiro atoms. The number of hydrogen-bond acceptors (Lipinski definition) is 4. The van der Waals surface area contributed by atoms with Crippen molar-refractivity contribution in [3.63, 3.8) is 0 Å². The van der Waals surface area contributed by atoms with Gasteiger partial charge in [-0.05, 0) is 24.5 Å². The molecule has 2 aromatic rings. The first-order valence-electron chi connectivity index (χ1n) is 9.83. The maximum atomic E-state index is 12.7. The third-order valence-corrected chi connectivity index (χ3v) is 4.79. The van der Waals surface area contributed by atoms with Crippen molar-refractivity contribution in [1.29, 1.82) is 0 Å². The van der Waals surface area contributed by atoms with E-state index in [0.29, 0.717) is 18.0 Å². The number of amides is 1. The van der Waals surface area contributed by atoms with E-state index in [-0.39, 0.29) is 12.0 Å². The highest BCUT2D eigenvalue weighted by molar-refractivity contribution is 5.95. The zero-order valence-corrected chi connectivity index (χ0v) is 16.5. The second-order valence-corrected chi connectivity index (χ2v) is 7.46. The van der Waals surface area contributed by atoms with E-state index in [1.54, 1.807) is 6.20 Å². The smallest absolute Gasteiger partial charge is 0.254 e. The zero-order valence-electron chi connectivity index (χ0n) is 16.5. The zero-order chi connectivity index (χ0) is 19.2. The molecule has 27 heavy (non-hydrogen) atoms. The first-order chi connectivity index (χ1) is 13.1. The number of carbonyl (C=O) groups excluding carboxylic acids is 1. The summed E-state index contributed by atoms with van der Waals surface area (Å²) in [6.07, 6.45) is 2.43. The Balaban J connectivity index is 1.62. The van der Waals surface area contributed by atoms with Gasteiger partial charge in [-0.15, -0.1) is 0 Å². The highest BCUT2D eigenvalue weighted by Crippen LogP contribution is 2.16. The van der Waals surface area contributed by atoms with Crippen LogP contribution in [-0.4, -0.2) is 59.5 Å². The van der Waals surface area contributed by atoms with Crippen molar-refractivity contribution in [3.05, 3.63) is 47.8 Å². The molecule has 3 rings (SSSR count). The SMILES string of the molecule is CCc1c(C(=O)NCC2CN(CC(C)C)CCO2)cnn1-c1ccccc1. The van der Waals surface area contributed by atoms with E-state index in [1.165, 1.54) is 0 Å². The van der Waals surface area contributed by atoms with Gasteiger partial charge in [0.05, 0.1) is 35.9 Å². The molecule has 6 heteroatoms. The second kappa shape index (κ2) is 9.15. The number of morpholine rings is 1. The van der Waals surface area contributed by atoms with Crippen molar-refractivity contribution in [1.82, 2.24) is 20.0 Å². The van der Waals surface area contributed by atoms with Gasteiger partial charge >= 0.3 is 0 Å². The average Bonchev–Trinajstić information content (AvgIpc) is 3.11. The first-order valence-corrected chi connectivity index (χ1v) is 9.83. The predicted molar refractivity (Wildman–Crippen MR) is 106 cm³/mol. The minimum Gasteiger partial charge on any atom is -0.374 e. The lowest BCUT2D eigenvalue weighted by Gasteiger charge is -2.33. The minimum atomic E-state index is -0.0846. The van der Waals surface area contributed by atoms with Gasteiger partial charge in [0, 0.05) is 26.2 Å². The van der Waals surface area contributed by atoms with Crippen LogP contribution in [-0.2, 0) is 11.2 Å². The quantitative estimate of drug-likeness (QED) is 0.814. The van der Waals surface area contributed by atoms with Gasteiger partial charge in [0.2, 0.25) is 0 Å². The lowest BCUT2D eigenvalue weighted by atomic mass is 10.1. The number of ether oxygens (including phenoxy) is 1. The summed E-state index contributed by atoms with van der Waals surface area (Å²) in [5.74, 6) is 0.549. The van der Waals surface area contributed by atoms with Crippen molar-refractivity contribution in [2.75, 3.05) is 32.8 Å². The number of aromatic nitrogens is 2. The van der Waals surface area contributed by atoms with Gasteiger partial charge < -0.3 is 10.1 Å². The Hall–Kier alpha value is -2.18. The Morgan fingerprint density at radius 3 is 2.81 bits per heavy atom. The molecule has 1 aromatic heterocycles. The van der Waals surface area contributed by atoms with Crippen LogP contribution in [0.2, 0.25) is 0 Å². The van der Waals surface area contributed by atoms with Crippen LogP contribution in [0.4, 0.5) is 0 Å². The Morgan fingerprint density at radius 2 is 2.11 bits per heavy atom. The Bertz CT molecular complexity index is 742. The molecule has 146 valence electrons. The Kier molecular flexibility index (Phi) is 6.63. The van der Waals surface area contributed by atoms with Crippen LogP contribution in [0.5, 0.6) is 0 Å². The fraction of sp³-hybridized carbons (Fsp3) is 0.524. The fourth-order valence-electron chi connectivity index (χ4n) is 3.58. The summed E-state index contributed by atoms with van der Waals surface area (Å²) in [5.41, 5.74) is 2.52. The molecular formula is C21H30N4O2. The number of hydrogen-bond donors (Lipinski definition) is 1. The summed E-state index contributed by atoms with van der Waals surface area (Å²) in [4.78, 5) is 15.1. The van der Waals surface area contributed by atoms with Gasteiger partial charge in [-0.3, -0.25) is 9.69 Å². The minimum absolute atomic E-state index is 0.0377. The molecule has 1 aliphatic rings. The highest BCUT2D eigenvalue weighted by atomic mass is 16.5. The van der Waals surface area contributed by atoms with Crippen molar-refractivity contribution in [2.45, 2.75) is 33.3 Å². The molecule has 1 aromatic carbocycles. The molecule has 1 unspecified atom stereocenters. The molecule has 2 heterocycles. The van der Waals surface area contributed by atoms with Crippen LogP contribution in [0.1, 0.15) is 36.8 Å². The van der Waals surface area contributed by atoms with E-state index in [2.05, 4.69) is 29.2 Å². The van der Waals surface area contributed by atoms with Crippen LogP contribution < -0.4 is 5.32 Å². The van der Waals surface area contributed by atoms with Gasteiger partial charge in [0.25, 0.3) is 5.91 Å². The molecular weight excluding hydrogens is 340 g/mol. The van der Waals surface area contributed by atoms with E-state index in [4.69, 9.17) is 4.74 Å². The van der Waals surface area contributed by atoms with E-state index in [1.807, 2.05) is 41.9 Å². The number of nitrogens with zero attached hydrogens (tertiary/aromatic N) is 3. The molecule has 0 bridgehead atoms. The third-order valence-electron chi connectivity index (χ3n) is 4.79. The summed E-state index contributed by atoms with van der Waals surface area (Å²) in [6, 6.07) is 9.90. The van der Waals surface area contributed by atoms with Gasteiger partial charge in [-0.1, -0.05) is 39.0 Å². The molecule has 0 radical (unpaired) electrons. The van der Waals surface area contributed by atoms with Crippen LogP contribution >= 0.6 is 0 Å². The standard InChI is InChI=1S/C21H30N4O2/c1-4-20-19(13-23-25(20)17-8-6-5-7-9-17)21(26)22-12-18-15-24(10-11-27-18)14-16(2)3/h5-9,13,16,18H,4,10-12,14-15H2,1-3H3,(H,22,26). The van der Waals surface area contributed by atoms with Crippen molar-refractivity contribution >= 4 is 5.91 Å². The lowest BCUT2D eigenvalue weighted by Crippen LogP contribution is -2.48. The van der Waals surface area contributed by atoms with Crippen molar-refractivity contribution in [2.24, 2.45) is 5.92 Å². The average molecular weight is 370 g/mol. The molecule has 1 N–H and O–H groups in total. The number of nitrogens with one attached hydrogen (secondary N) is 1. The van der Waals surface area contributed by atoms with Crippen molar-refractivity contribution in [3.8, 4) is 5.69 Å². The van der Waals surface area contributed by atoms with Gasteiger partial charge in [-0.25, -0.2) is 4.68 Å². The summed E-state index contributed by atoms with van der Waals surface area (Å²) < 4.78 is 7.67. The summed E-state index contributed by atoms with van der Waals surface area (Å²) in [7, 11) is 0. The molecule has 0 aliphatic carbocycles. The second-order valence-electron chi connectivity index (χ2n) is 7.46. The Morgan fingerprint density at radius 1 is 1.33 bits per heavy atom. The van der Waals surface area contributed by atoms with Gasteiger partial charge in [0.15, 0.2) is 0 Å². The van der Waals surface area contributed by atoms with E-state index >= 15 is 0 Å². The maximum absolute atomic E-state index is 12.7. The number of benzene rings is 1. The molecule has 6 nitrogen and oxygen atoms in total. The highest BCUT2D eigenvalue weighted by Gasteiger charge is 2.23. The summed E-state index contributed by atoms with van der Waals surface area (Å²) in [5, 5.41) is 7.47.